The third kappa shape index (κ3) is 6.11. The zero-order chi connectivity index (χ0) is 31.8. The fourth-order valence-electron chi connectivity index (χ4n) is 5.37. The fourth-order valence-corrected chi connectivity index (χ4v) is 5.50. The molecule has 3 aromatic carbocycles. The summed E-state index contributed by atoms with van der Waals surface area (Å²) in [5.74, 6) is -0.486. The first-order valence-corrected chi connectivity index (χ1v) is 14.4. The van der Waals surface area contributed by atoms with Crippen LogP contribution >= 0.6 is 11.6 Å². The number of rotatable bonds is 7. The summed E-state index contributed by atoms with van der Waals surface area (Å²) in [6.07, 6.45) is -1.72. The van der Waals surface area contributed by atoms with Crippen LogP contribution in [0.1, 0.15) is 55.7 Å². The third-order valence-electron chi connectivity index (χ3n) is 7.57. The molecule has 0 saturated carbocycles. The van der Waals surface area contributed by atoms with Crippen molar-refractivity contribution in [3.05, 3.63) is 100 Å². The van der Waals surface area contributed by atoms with Crippen LogP contribution in [0, 0.1) is 12.3 Å². The van der Waals surface area contributed by atoms with Crippen molar-refractivity contribution in [2.75, 3.05) is 7.11 Å². The maximum Gasteiger partial charge on any atom is 0.413 e. The highest BCUT2D eigenvalue weighted by atomic mass is 35.5. The van der Waals surface area contributed by atoms with Crippen LogP contribution in [-0.4, -0.2) is 46.8 Å². The predicted molar refractivity (Wildman–Crippen MR) is 164 cm³/mol. The minimum Gasteiger partial charge on any atom is -0.497 e. The molecule has 9 heteroatoms. The smallest absolute Gasteiger partial charge is 0.413 e. The Morgan fingerprint density at radius 1 is 1.05 bits per heavy atom. The van der Waals surface area contributed by atoms with Gasteiger partial charge in [0.1, 0.15) is 18.4 Å². The van der Waals surface area contributed by atoms with Gasteiger partial charge in [-0.25, -0.2) is 9.59 Å². The predicted octanol–water partition coefficient (Wildman–Crippen LogP) is 7.17. The number of fused-ring (bicyclic) bond motifs is 1. The van der Waals surface area contributed by atoms with E-state index in [9.17, 15) is 15.8 Å². The molecule has 1 amide bonds. The summed E-state index contributed by atoms with van der Waals surface area (Å²) in [5, 5.41) is 1.26. The zero-order valence-electron chi connectivity index (χ0n) is 25.8. The molecule has 0 aliphatic carbocycles. The number of aromatic nitrogens is 1. The van der Waals surface area contributed by atoms with Crippen molar-refractivity contribution in [2.24, 2.45) is 5.41 Å². The molecule has 1 aromatic heterocycles. The quantitative estimate of drug-likeness (QED) is 0.208. The number of methoxy groups -OCH3 is 1. The highest BCUT2D eigenvalue weighted by molar-refractivity contribution is 6.30. The van der Waals surface area contributed by atoms with Crippen LogP contribution in [0.25, 0.3) is 10.9 Å². The molecule has 1 aliphatic rings. The van der Waals surface area contributed by atoms with Gasteiger partial charge in [0.2, 0.25) is 0 Å². The van der Waals surface area contributed by atoms with Crippen molar-refractivity contribution in [3.63, 3.8) is 0 Å². The standard InChI is InChI=1S/C34H35ClN2O6/c1-21-26(27-19-25(41-5)15-17-28(27)36(21)30(38)23-11-13-24(35)14-12-23)16-18-29-31(39)43-32(34(2,3)4)37(29)33(40)42-20-22-9-7-6-8-10-22/h6-15,17,19,29,32H,16,18,20H2,1-5H3/t29-,32-/m1/s1/i29D. The molecular weight excluding hydrogens is 568 g/mol. The van der Waals surface area contributed by atoms with E-state index in [0.717, 1.165) is 21.4 Å². The number of cyclic esters (lactones) is 1. The largest absolute Gasteiger partial charge is 0.497 e. The third-order valence-corrected chi connectivity index (χ3v) is 7.82. The van der Waals surface area contributed by atoms with E-state index >= 15 is 0 Å². The van der Waals surface area contributed by atoms with Gasteiger partial charge in [0, 0.05) is 27.1 Å². The van der Waals surface area contributed by atoms with E-state index in [1.165, 1.54) is 0 Å². The highest BCUT2D eigenvalue weighted by Crippen LogP contribution is 2.37. The van der Waals surface area contributed by atoms with E-state index in [4.69, 9.17) is 25.8 Å². The molecule has 0 spiro atoms. The van der Waals surface area contributed by atoms with Gasteiger partial charge in [-0.2, -0.15) is 0 Å². The van der Waals surface area contributed by atoms with Crippen LogP contribution in [0.3, 0.4) is 0 Å². The molecule has 4 aromatic rings. The Labute approximate surface area is 257 Å². The normalized spacial score (nSPS) is 18.8. The molecule has 1 aliphatic heterocycles. The Hall–Kier alpha value is -4.30. The monoisotopic (exact) mass is 603 g/mol. The van der Waals surface area contributed by atoms with E-state index in [2.05, 4.69) is 0 Å². The lowest BCUT2D eigenvalue weighted by molar-refractivity contribution is -0.147. The number of esters is 1. The maximum atomic E-state index is 13.7. The van der Waals surface area contributed by atoms with Gasteiger partial charge in [0.15, 0.2) is 6.23 Å². The summed E-state index contributed by atoms with van der Waals surface area (Å²) in [6.45, 7) is 7.31. The summed E-state index contributed by atoms with van der Waals surface area (Å²) in [5.41, 5.74) is 2.59. The number of benzene rings is 3. The topological polar surface area (TPSA) is 87.1 Å². The molecule has 2 heterocycles. The average Bonchev–Trinajstić information content (AvgIpc) is 3.44. The van der Waals surface area contributed by atoms with E-state index < -0.39 is 29.7 Å². The second kappa shape index (κ2) is 12.1. The first-order valence-electron chi connectivity index (χ1n) is 14.5. The molecule has 43 heavy (non-hydrogen) atoms. The molecule has 224 valence electrons. The van der Waals surface area contributed by atoms with E-state index in [1.54, 1.807) is 42.0 Å². The Morgan fingerprint density at radius 2 is 1.74 bits per heavy atom. The van der Waals surface area contributed by atoms with Gasteiger partial charge in [-0.15, -0.1) is 0 Å². The lowest BCUT2D eigenvalue weighted by Crippen LogP contribution is -2.48. The molecule has 5 rings (SSSR count). The Bertz CT molecular complexity index is 1710. The second-order valence-electron chi connectivity index (χ2n) is 11.6. The summed E-state index contributed by atoms with van der Waals surface area (Å²) in [4.78, 5) is 41.8. The van der Waals surface area contributed by atoms with Crippen LogP contribution in [0.15, 0.2) is 72.8 Å². The molecule has 1 saturated heterocycles. The Balaban J connectivity index is 1.51. The van der Waals surface area contributed by atoms with Gasteiger partial charge in [0.25, 0.3) is 5.91 Å². The van der Waals surface area contributed by atoms with Gasteiger partial charge in [-0.05, 0) is 73.4 Å². The van der Waals surface area contributed by atoms with Gasteiger partial charge < -0.3 is 14.2 Å². The minimum atomic E-state index is -2.06. The second-order valence-corrected chi connectivity index (χ2v) is 12.0. The summed E-state index contributed by atoms with van der Waals surface area (Å²) in [6, 6.07) is 19.2. The van der Waals surface area contributed by atoms with E-state index in [-0.39, 0.29) is 25.4 Å². The number of carbonyl (C=O) groups excluding carboxylic acids is 3. The van der Waals surface area contributed by atoms with Crippen LogP contribution in [-0.2, 0) is 27.3 Å². The molecular formula is C34H35ClN2O6. The fraction of sp³-hybridized carbons (Fsp3) is 0.324. The number of nitrogens with zero attached hydrogens (tertiary/aromatic N) is 2. The number of carbonyl (C=O) groups is 3. The molecule has 0 N–H and O–H groups in total. The van der Waals surface area contributed by atoms with Crippen molar-refractivity contribution in [3.8, 4) is 5.75 Å². The van der Waals surface area contributed by atoms with Crippen molar-refractivity contribution in [1.82, 2.24) is 9.47 Å². The first kappa shape index (κ1) is 28.8. The van der Waals surface area contributed by atoms with Gasteiger partial charge in [-0.3, -0.25) is 14.3 Å². The van der Waals surface area contributed by atoms with Crippen molar-refractivity contribution < 1.29 is 30.0 Å². The number of hydrogen-bond donors (Lipinski definition) is 0. The van der Waals surface area contributed by atoms with Crippen LogP contribution in [0.4, 0.5) is 4.79 Å². The van der Waals surface area contributed by atoms with Crippen molar-refractivity contribution >= 4 is 40.5 Å². The molecule has 1 fully saturated rings. The van der Waals surface area contributed by atoms with Gasteiger partial charge >= 0.3 is 12.1 Å². The molecule has 0 radical (unpaired) electrons. The number of aryl methyl sites for hydroxylation is 1. The Kier molecular flexibility index (Phi) is 8.13. The minimum absolute atomic E-state index is 0.0174. The van der Waals surface area contributed by atoms with Crippen molar-refractivity contribution in [1.29, 1.82) is 0 Å². The lowest BCUT2D eigenvalue weighted by atomic mass is 9.93. The number of halogens is 1. The van der Waals surface area contributed by atoms with Crippen LogP contribution in [0.2, 0.25) is 5.02 Å². The zero-order valence-corrected chi connectivity index (χ0v) is 25.6. The maximum absolute atomic E-state index is 13.7. The molecule has 0 bridgehead atoms. The highest BCUT2D eigenvalue weighted by Gasteiger charge is 2.50. The lowest BCUT2D eigenvalue weighted by Gasteiger charge is -2.33. The first-order chi connectivity index (χ1) is 20.8. The van der Waals surface area contributed by atoms with Crippen LogP contribution < -0.4 is 4.74 Å². The van der Waals surface area contributed by atoms with E-state index in [1.807, 2.05) is 70.2 Å². The van der Waals surface area contributed by atoms with Gasteiger partial charge in [0.05, 0.1) is 14.0 Å². The van der Waals surface area contributed by atoms with E-state index in [0.29, 0.717) is 27.5 Å². The number of ether oxygens (including phenoxy) is 3. The summed E-state index contributed by atoms with van der Waals surface area (Å²) < 4.78 is 27.7. The SMILES string of the molecule is [2H][C@@]1(CCc2c(C)n(C(=O)c3ccc(Cl)cc3)c3ccc(OC)cc23)C(=O)O[C@H](C(C)(C)C)N1C(=O)OCc1ccccc1. The summed E-state index contributed by atoms with van der Waals surface area (Å²) >= 11 is 6.05. The molecule has 8 nitrogen and oxygen atoms in total. The Morgan fingerprint density at radius 3 is 2.40 bits per heavy atom. The molecule has 0 unspecified atom stereocenters. The van der Waals surface area contributed by atoms with Gasteiger partial charge in [-0.1, -0.05) is 62.7 Å². The summed E-state index contributed by atoms with van der Waals surface area (Å²) in [7, 11) is 1.56. The number of hydrogen-bond acceptors (Lipinski definition) is 6. The van der Waals surface area contributed by atoms with Crippen molar-refractivity contribution in [2.45, 2.75) is 59.4 Å². The average molecular weight is 604 g/mol. The molecule has 2 atom stereocenters. The van der Waals surface area contributed by atoms with Crippen LogP contribution in [0.5, 0.6) is 5.75 Å². The number of amides is 1.